The van der Waals surface area contributed by atoms with Gasteiger partial charge in [0.2, 0.25) is 11.9 Å². The monoisotopic (exact) mass is 517 g/mol. The molecule has 3 fully saturated rings. The average molecular weight is 518 g/mol. The fraction of sp³-hybridized carbons (Fsp3) is 0.680. The predicted molar refractivity (Wildman–Crippen MR) is 137 cm³/mol. The third kappa shape index (κ3) is 5.69. The van der Waals surface area contributed by atoms with Gasteiger partial charge in [-0.05, 0) is 53.1 Å². The molecule has 202 valence electrons. The molecule has 10 nitrogen and oxygen atoms in total. The van der Waals surface area contributed by atoms with E-state index in [4.69, 9.17) is 5.10 Å². The minimum Gasteiger partial charge on any atom is -0.369 e. The second-order valence-corrected chi connectivity index (χ2v) is 10.7. The van der Waals surface area contributed by atoms with E-state index >= 15 is 0 Å². The molecule has 3 aliphatic heterocycles. The lowest BCUT2D eigenvalue weighted by atomic mass is 9.98. The molecule has 0 saturated carbocycles. The van der Waals surface area contributed by atoms with Crippen molar-refractivity contribution in [3.05, 3.63) is 23.7 Å². The smallest absolute Gasteiger partial charge is 0.268 e. The molecule has 2 bridgehead atoms. The Balaban J connectivity index is 1.18. The molecule has 2 unspecified atom stereocenters. The number of alkyl halides is 2. The van der Waals surface area contributed by atoms with Crippen molar-refractivity contribution >= 4 is 23.4 Å². The average Bonchev–Trinajstić information content (AvgIpc) is 3.28. The first kappa shape index (κ1) is 25.8. The number of anilines is 3. The number of halogens is 2. The summed E-state index contributed by atoms with van der Waals surface area (Å²) in [5.74, 6) is 0.418. The zero-order chi connectivity index (χ0) is 26.1. The Morgan fingerprint density at radius 2 is 1.86 bits per heavy atom. The van der Waals surface area contributed by atoms with E-state index in [1.807, 2.05) is 24.9 Å². The van der Waals surface area contributed by atoms with Gasteiger partial charge in [0, 0.05) is 50.7 Å². The van der Waals surface area contributed by atoms with Gasteiger partial charge in [-0.3, -0.25) is 9.48 Å². The maximum atomic E-state index is 13.6. The lowest BCUT2D eigenvalue weighted by molar-refractivity contribution is -0.129. The Morgan fingerprint density at radius 3 is 2.54 bits per heavy atom. The molecule has 0 aliphatic carbocycles. The number of fused-ring (bicyclic) bond motifs is 2. The molecular weight excluding hydrogens is 480 g/mol. The number of nitrogens with zero attached hydrogens (tertiary/aromatic N) is 6. The third-order valence-corrected chi connectivity index (χ3v) is 8.04. The highest BCUT2D eigenvalue weighted by Crippen LogP contribution is 2.40. The van der Waals surface area contributed by atoms with E-state index in [-0.39, 0.29) is 29.2 Å². The molecule has 1 amide bonds. The van der Waals surface area contributed by atoms with E-state index < -0.39 is 6.43 Å². The molecule has 12 heteroatoms. The molecule has 0 radical (unpaired) electrons. The van der Waals surface area contributed by atoms with Crippen molar-refractivity contribution in [1.82, 2.24) is 34.9 Å². The van der Waals surface area contributed by atoms with Crippen molar-refractivity contribution in [2.75, 3.05) is 50.9 Å². The Morgan fingerprint density at radius 1 is 1.14 bits per heavy atom. The molecule has 0 spiro atoms. The van der Waals surface area contributed by atoms with Gasteiger partial charge in [-0.25, -0.2) is 13.8 Å². The summed E-state index contributed by atoms with van der Waals surface area (Å²) in [6.07, 6.45) is 5.68. The fourth-order valence-corrected chi connectivity index (χ4v) is 5.78. The number of carbonyl (C=O) groups is 1. The summed E-state index contributed by atoms with van der Waals surface area (Å²) in [6, 6.07) is 1.57. The van der Waals surface area contributed by atoms with Crippen LogP contribution in [0, 0.1) is 12.8 Å². The van der Waals surface area contributed by atoms with Crippen LogP contribution in [-0.4, -0.2) is 87.8 Å². The number of rotatable bonds is 10. The zero-order valence-electron chi connectivity index (χ0n) is 21.8. The number of carbonyl (C=O) groups excluding carboxylic acids is 1. The molecule has 2 aromatic heterocycles. The fourth-order valence-electron chi connectivity index (χ4n) is 5.78. The van der Waals surface area contributed by atoms with Crippen LogP contribution in [0.15, 0.2) is 12.4 Å². The number of nitrogens with one attached hydrogen (secondary N) is 3. The van der Waals surface area contributed by atoms with E-state index in [0.717, 1.165) is 43.5 Å². The summed E-state index contributed by atoms with van der Waals surface area (Å²) in [6.45, 7) is 4.34. The molecule has 2 atom stereocenters. The number of likely N-dealkylation sites (tertiary alicyclic amines) is 1. The lowest BCUT2D eigenvalue weighted by Gasteiger charge is -2.36. The topological polar surface area (TPSA) is 103 Å². The van der Waals surface area contributed by atoms with Gasteiger partial charge in [-0.2, -0.15) is 10.1 Å². The summed E-state index contributed by atoms with van der Waals surface area (Å²) in [5.41, 5.74) is 1.34. The molecule has 0 aromatic carbocycles. The summed E-state index contributed by atoms with van der Waals surface area (Å²) in [7, 11) is 4.20. The van der Waals surface area contributed by atoms with Crippen LogP contribution in [-0.2, 0) is 4.79 Å². The SMILES string of the molecule is Cc1nn(C2CC3CCC(C2)N3C)cc1Nc1ncc(C(F)F)c(NCCCNC(=O)C2CN(C)C2)n1. The first-order chi connectivity index (χ1) is 17.8. The number of hydrogen-bond donors (Lipinski definition) is 3. The maximum Gasteiger partial charge on any atom is 0.268 e. The number of hydrogen-bond acceptors (Lipinski definition) is 8. The number of piperidine rings is 1. The Kier molecular flexibility index (Phi) is 7.57. The van der Waals surface area contributed by atoms with Gasteiger partial charge < -0.3 is 25.8 Å². The number of aryl methyl sites for hydroxylation is 1. The Labute approximate surface area is 216 Å². The van der Waals surface area contributed by atoms with Gasteiger partial charge in [-0.15, -0.1) is 0 Å². The van der Waals surface area contributed by atoms with Crippen LogP contribution in [0.3, 0.4) is 0 Å². The van der Waals surface area contributed by atoms with Crippen LogP contribution >= 0.6 is 0 Å². The first-order valence-corrected chi connectivity index (χ1v) is 13.2. The normalized spacial score (nSPS) is 24.3. The van der Waals surface area contributed by atoms with Crippen LogP contribution in [0.4, 0.5) is 26.2 Å². The van der Waals surface area contributed by atoms with Crippen LogP contribution in [0.25, 0.3) is 0 Å². The van der Waals surface area contributed by atoms with Crippen LogP contribution in [0.2, 0.25) is 0 Å². The van der Waals surface area contributed by atoms with E-state index in [1.165, 1.54) is 12.8 Å². The van der Waals surface area contributed by atoms with Crippen molar-refractivity contribution < 1.29 is 13.6 Å². The summed E-state index contributed by atoms with van der Waals surface area (Å²) >= 11 is 0. The highest BCUT2D eigenvalue weighted by atomic mass is 19.3. The van der Waals surface area contributed by atoms with Gasteiger partial charge in [0.1, 0.15) is 5.82 Å². The predicted octanol–water partition coefficient (Wildman–Crippen LogP) is 2.94. The summed E-state index contributed by atoms with van der Waals surface area (Å²) in [5, 5.41) is 13.8. The lowest BCUT2D eigenvalue weighted by Crippen LogP contribution is -2.51. The second-order valence-electron chi connectivity index (χ2n) is 10.7. The molecular formula is C25H37F2N9O. The second kappa shape index (κ2) is 10.9. The van der Waals surface area contributed by atoms with E-state index in [1.54, 1.807) is 0 Å². The molecule has 5 heterocycles. The van der Waals surface area contributed by atoms with Crippen LogP contribution in [0.1, 0.15) is 55.8 Å². The minimum atomic E-state index is -2.70. The zero-order valence-corrected chi connectivity index (χ0v) is 21.8. The van der Waals surface area contributed by atoms with Crippen molar-refractivity contribution in [1.29, 1.82) is 0 Å². The molecule has 3 aliphatic rings. The molecule has 37 heavy (non-hydrogen) atoms. The first-order valence-electron chi connectivity index (χ1n) is 13.2. The minimum absolute atomic E-state index is 0.0429. The van der Waals surface area contributed by atoms with Crippen molar-refractivity contribution in [2.24, 2.45) is 5.92 Å². The summed E-state index contributed by atoms with van der Waals surface area (Å²) in [4.78, 5) is 25.1. The molecule has 3 saturated heterocycles. The van der Waals surface area contributed by atoms with Gasteiger partial charge in [0.25, 0.3) is 6.43 Å². The van der Waals surface area contributed by atoms with Gasteiger partial charge in [-0.1, -0.05) is 0 Å². The van der Waals surface area contributed by atoms with E-state index in [2.05, 4.69) is 42.8 Å². The van der Waals surface area contributed by atoms with Crippen molar-refractivity contribution in [3.63, 3.8) is 0 Å². The molecule has 5 rings (SSSR count). The van der Waals surface area contributed by atoms with E-state index in [9.17, 15) is 13.6 Å². The number of aromatic nitrogens is 4. The van der Waals surface area contributed by atoms with Crippen molar-refractivity contribution in [2.45, 2.75) is 63.6 Å². The van der Waals surface area contributed by atoms with Gasteiger partial charge in [0.05, 0.1) is 28.9 Å². The van der Waals surface area contributed by atoms with E-state index in [0.29, 0.717) is 37.6 Å². The summed E-state index contributed by atoms with van der Waals surface area (Å²) < 4.78 is 29.2. The van der Waals surface area contributed by atoms with Crippen LogP contribution < -0.4 is 16.0 Å². The molecule has 3 N–H and O–H groups in total. The Bertz CT molecular complexity index is 1090. The van der Waals surface area contributed by atoms with Gasteiger partial charge >= 0.3 is 0 Å². The quantitative estimate of drug-likeness (QED) is 0.414. The van der Waals surface area contributed by atoms with Crippen molar-refractivity contribution in [3.8, 4) is 0 Å². The van der Waals surface area contributed by atoms with Gasteiger partial charge in [0.15, 0.2) is 0 Å². The standard InChI is InChI=1S/C25H37F2N9O/c1-15-21(14-36(33-15)19-9-17-5-6-18(10-19)35(17)3)31-25-30-11-20(22(26)27)23(32-25)28-7-4-8-29-24(37)16-12-34(2)13-16/h11,14,16-19,22H,4-10,12-13H2,1-3H3,(H,29,37)(H2,28,30,31,32). The molecule has 2 aromatic rings. The number of amides is 1. The highest BCUT2D eigenvalue weighted by molar-refractivity contribution is 5.79. The maximum absolute atomic E-state index is 13.6. The third-order valence-electron chi connectivity index (χ3n) is 8.04. The highest BCUT2D eigenvalue weighted by Gasteiger charge is 2.39. The van der Waals surface area contributed by atoms with Crippen LogP contribution in [0.5, 0.6) is 0 Å². The Hall–Kier alpha value is -2.86. The largest absolute Gasteiger partial charge is 0.369 e.